The maximum atomic E-state index is 12.1. The lowest BCUT2D eigenvalue weighted by Gasteiger charge is -2.29. The number of sulfonamides is 1. The number of hydrogen-bond donors (Lipinski definition) is 2. The van der Waals surface area contributed by atoms with Crippen molar-refractivity contribution in [1.29, 1.82) is 0 Å². The van der Waals surface area contributed by atoms with E-state index in [1.54, 1.807) is 18.3 Å². The number of nitrogens with one attached hydrogen (secondary N) is 2. The first-order valence-corrected chi connectivity index (χ1v) is 7.21. The molecule has 1 aliphatic heterocycles. The molecule has 1 aromatic rings. The first-order valence-electron chi connectivity index (χ1n) is 5.72. The molecular weight excluding hydrogens is 274 g/mol. The van der Waals surface area contributed by atoms with Crippen LogP contribution in [0.1, 0.15) is 13.3 Å². The van der Waals surface area contributed by atoms with E-state index in [9.17, 15) is 8.42 Å². The van der Waals surface area contributed by atoms with Crippen LogP contribution in [0.15, 0.2) is 29.4 Å². The predicted octanol–water partition coefficient (Wildman–Crippen LogP) is 0.780. The highest BCUT2D eigenvalue weighted by atomic mass is 35.5. The van der Waals surface area contributed by atoms with Gasteiger partial charge in [0.05, 0.1) is 0 Å². The summed E-state index contributed by atoms with van der Waals surface area (Å²) in [4.78, 5) is 4.06. The average Bonchev–Trinajstić information content (AvgIpc) is 2.33. The minimum absolute atomic E-state index is 0. The van der Waals surface area contributed by atoms with Gasteiger partial charge in [-0.2, -0.15) is 0 Å². The predicted molar refractivity (Wildman–Crippen MR) is 72.2 cm³/mol. The lowest BCUT2D eigenvalue weighted by Crippen LogP contribution is -2.48. The summed E-state index contributed by atoms with van der Waals surface area (Å²) in [7, 11) is -3.43. The van der Waals surface area contributed by atoms with Gasteiger partial charge < -0.3 is 5.32 Å². The molecule has 1 saturated heterocycles. The topological polar surface area (TPSA) is 71.1 Å². The fourth-order valence-electron chi connectivity index (χ4n) is 1.96. The van der Waals surface area contributed by atoms with Crippen LogP contribution in [0.25, 0.3) is 0 Å². The molecule has 18 heavy (non-hydrogen) atoms. The van der Waals surface area contributed by atoms with Crippen molar-refractivity contribution < 1.29 is 8.42 Å². The molecule has 2 rings (SSSR count). The molecule has 0 saturated carbocycles. The molecule has 5 nitrogen and oxygen atoms in total. The first-order chi connectivity index (χ1) is 8.09. The van der Waals surface area contributed by atoms with E-state index < -0.39 is 10.0 Å². The van der Waals surface area contributed by atoms with Crippen LogP contribution in [-0.4, -0.2) is 32.5 Å². The van der Waals surface area contributed by atoms with Crippen LogP contribution in [-0.2, 0) is 10.0 Å². The molecule has 0 amide bonds. The van der Waals surface area contributed by atoms with E-state index >= 15 is 0 Å². The van der Waals surface area contributed by atoms with E-state index in [2.05, 4.69) is 15.0 Å². The van der Waals surface area contributed by atoms with Gasteiger partial charge in [-0.05, 0) is 37.6 Å². The number of halogens is 1. The summed E-state index contributed by atoms with van der Waals surface area (Å²) in [5, 5.41) is 3.24. The Hall–Kier alpha value is -0.690. The largest absolute Gasteiger partial charge is 0.316 e. The molecule has 102 valence electrons. The Morgan fingerprint density at radius 1 is 1.50 bits per heavy atom. The maximum absolute atomic E-state index is 12.1. The summed E-state index contributed by atoms with van der Waals surface area (Å²) in [5.74, 6) is 0.301. The quantitative estimate of drug-likeness (QED) is 0.863. The molecule has 2 atom stereocenters. The van der Waals surface area contributed by atoms with Crippen LogP contribution >= 0.6 is 12.4 Å². The van der Waals surface area contributed by atoms with Crippen molar-refractivity contribution >= 4 is 22.4 Å². The number of rotatable bonds is 3. The Bertz CT molecular complexity index is 466. The highest BCUT2D eigenvalue weighted by Crippen LogP contribution is 2.14. The van der Waals surface area contributed by atoms with E-state index in [0.717, 1.165) is 19.5 Å². The zero-order chi connectivity index (χ0) is 12.3. The fourth-order valence-corrected chi connectivity index (χ4v) is 3.30. The number of hydrogen-bond acceptors (Lipinski definition) is 4. The third kappa shape index (κ3) is 3.65. The molecule has 2 N–H and O–H groups in total. The zero-order valence-corrected chi connectivity index (χ0v) is 11.8. The van der Waals surface area contributed by atoms with Gasteiger partial charge in [0.25, 0.3) is 0 Å². The molecule has 0 aromatic carbocycles. The van der Waals surface area contributed by atoms with Crippen LogP contribution in [0.4, 0.5) is 0 Å². The Morgan fingerprint density at radius 2 is 2.28 bits per heavy atom. The highest BCUT2D eigenvalue weighted by Gasteiger charge is 2.26. The molecule has 7 heteroatoms. The second kappa shape index (κ2) is 6.47. The van der Waals surface area contributed by atoms with Gasteiger partial charge in [-0.1, -0.05) is 6.92 Å². The van der Waals surface area contributed by atoms with Gasteiger partial charge in [-0.15, -0.1) is 12.4 Å². The van der Waals surface area contributed by atoms with Crippen LogP contribution in [0.5, 0.6) is 0 Å². The van der Waals surface area contributed by atoms with Crippen molar-refractivity contribution in [2.45, 2.75) is 24.3 Å². The lowest BCUT2D eigenvalue weighted by atomic mass is 9.97. The SMILES string of the molecule is CC1CNCCC1NS(=O)(=O)c1cccnc1.Cl. The summed E-state index contributed by atoms with van der Waals surface area (Å²) >= 11 is 0. The Morgan fingerprint density at radius 3 is 2.89 bits per heavy atom. The van der Waals surface area contributed by atoms with Crippen LogP contribution < -0.4 is 10.0 Å². The van der Waals surface area contributed by atoms with Gasteiger partial charge in [-0.3, -0.25) is 4.98 Å². The van der Waals surface area contributed by atoms with Crippen LogP contribution in [0.3, 0.4) is 0 Å². The summed E-state index contributed by atoms with van der Waals surface area (Å²) in [6.07, 6.45) is 3.75. The average molecular weight is 292 g/mol. The highest BCUT2D eigenvalue weighted by molar-refractivity contribution is 7.89. The Balaban J connectivity index is 0.00000162. The van der Waals surface area contributed by atoms with Gasteiger partial charge in [0, 0.05) is 18.4 Å². The second-order valence-corrected chi connectivity index (χ2v) is 6.10. The van der Waals surface area contributed by atoms with E-state index in [0.29, 0.717) is 5.92 Å². The first kappa shape index (κ1) is 15.4. The van der Waals surface area contributed by atoms with Crippen molar-refractivity contribution in [1.82, 2.24) is 15.0 Å². The maximum Gasteiger partial charge on any atom is 0.242 e. The molecular formula is C11H18ClN3O2S. The Kier molecular flexibility index (Phi) is 5.52. The number of aromatic nitrogens is 1. The van der Waals surface area contributed by atoms with E-state index in [1.165, 1.54) is 6.20 Å². The van der Waals surface area contributed by atoms with Crippen molar-refractivity contribution in [3.8, 4) is 0 Å². The molecule has 0 radical (unpaired) electrons. The van der Waals surface area contributed by atoms with Crippen LogP contribution in [0.2, 0.25) is 0 Å². The van der Waals surface area contributed by atoms with Gasteiger partial charge in [0.1, 0.15) is 4.90 Å². The smallest absolute Gasteiger partial charge is 0.242 e. The van der Waals surface area contributed by atoms with E-state index in [4.69, 9.17) is 0 Å². The molecule has 2 heterocycles. The van der Waals surface area contributed by atoms with Crippen LogP contribution in [0, 0.1) is 5.92 Å². The summed E-state index contributed by atoms with van der Waals surface area (Å²) in [6.45, 7) is 3.74. The molecule has 0 aliphatic carbocycles. The third-order valence-electron chi connectivity index (χ3n) is 3.04. The number of nitrogens with zero attached hydrogens (tertiary/aromatic N) is 1. The van der Waals surface area contributed by atoms with Gasteiger partial charge >= 0.3 is 0 Å². The van der Waals surface area contributed by atoms with Crippen molar-refractivity contribution in [2.75, 3.05) is 13.1 Å². The summed E-state index contributed by atoms with van der Waals surface area (Å²) in [5.41, 5.74) is 0. The Labute approximate surface area is 114 Å². The second-order valence-electron chi connectivity index (χ2n) is 4.39. The van der Waals surface area contributed by atoms with E-state index in [1.807, 2.05) is 6.92 Å². The molecule has 0 bridgehead atoms. The van der Waals surface area contributed by atoms with Crippen molar-refractivity contribution in [3.05, 3.63) is 24.5 Å². The standard InChI is InChI=1S/C11H17N3O2S.ClH/c1-9-7-13-6-4-11(9)14-17(15,16)10-3-2-5-12-8-10;/h2-3,5,8-9,11,13-14H,4,6-7H2,1H3;1H. The third-order valence-corrected chi connectivity index (χ3v) is 4.51. The van der Waals surface area contributed by atoms with Crippen molar-refractivity contribution in [3.63, 3.8) is 0 Å². The van der Waals surface area contributed by atoms with Gasteiger partial charge in [-0.25, -0.2) is 13.1 Å². The lowest BCUT2D eigenvalue weighted by molar-refractivity contribution is 0.328. The monoisotopic (exact) mass is 291 g/mol. The zero-order valence-electron chi connectivity index (χ0n) is 10.2. The molecule has 0 spiro atoms. The molecule has 1 aliphatic rings. The van der Waals surface area contributed by atoms with Crippen molar-refractivity contribution in [2.24, 2.45) is 5.92 Å². The van der Waals surface area contributed by atoms with Gasteiger partial charge in [0.15, 0.2) is 0 Å². The normalized spacial score (nSPS) is 24.3. The minimum atomic E-state index is -3.43. The van der Waals surface area contributed by atoms with Gasteiger partial charge in [0.2, 0.25) is 10.0 Å². The molecule has 1 fully saturated rings. The number of piperidine rings is 1. The van der Waals surface area contributed by atoms with E-state index in [-0.39, 0.29) is 23.3 Å². The minimum Gasteiger partial charge on any atom is -0.316 e. The summed E-state index contributed by atoms with van der Waals surface area (Å²) in [6, 6.07) is 3.18. The number of pyridine rings is 1. The fraction of sp³-hybridized carbons (Fsp3) is 0.545. The molecule has 1 aromatic heterocycles. The summed E-state index contributed by atoms with van der Waals surface area (Å²) < 4.78 is 26.9. The molecule has 2 unspecified atom stereocenters.